The minimum absolute atomic E-state index is 0.191. The summed E-state index contributed by atoms with van der Waals surface area (Å²) in [6.07, 6.45) is 6.23. The van der Waals surface area contributed by atoms with Crippen molar-refractivity contribution in [1.82, 2.24) is 10.2 Å². The van der Waals surface area contributed by atoms with E-state index in [1.807, 2.05) is 30.3 Å². The van der Waals surface area contributed by atoms with Crippen LogP contribution in [0.1, 0.15) is 31.2 Å². The van der Waals surface area contributed by atoms with E-state index >= 15 is 0 Å². The molecule has 1 fully saturated rings. The highest BCUT2D eigenvalue weighted by Crippen LogP contribution is 2.28. The number of anilines is 2. The summed E-state index contributed by atoms with van der Waals surface area (Å²) in [7, 11) is 0. The number of carbonyl (C=O) groups is 1. The quantitative estimate of drug-likeness (QED) is 0.712. The molecule has 1 aromatic heterocycles. The summed E-state index contributed by atoms with van der Waals surface area (Å²) in [5.41, 5.74) is 8.42. The van der Waals surface area contributed by atoms with E-state index in [1.165, 1.54) is 23.8 Å². The summed E-state index contributed by atoms with van der Waals surface area (Å²) in [6, 6.07) is 10.1. The molecule has 0 spiro atoms. The third-order valence-corrected chi connectivity index (χ3v) is 5.32. The van der Waals surface area contributed by atoms with Crippen molar-refractivity contribution in [3.8, 4) is 0 Å². The van der Waals surface area contributed by atoms with E-state index in [2.05, 4.69) is 15.1 Å². The van der Waals surface area contributed by atoms with Crippen molar-refractivity contribution in [3.63, 3.8) is 0 Å². The number of aromatic amines is 1. The van der Waals surface area contributed by atoms with Crippen LogP contribution >= 0.6 is 0 Å². The maximum Gasteiger partial charge on any atom is 0.319 e. The Kier molecular flexibility index (Phi) is 5.14. The number of urea groups is 1. The summed E-state index contributed by atoms with van der Waals surface area (Å²) < 4.78 is 14.8. The van der Waals surface area contributed by atoms with Crippen LogP contribution in [-0.4, -0.2) is 29.3 Å². The van der Waals surface area contributed by atoms with Gasteiger partial charge in [-0.25, -0.2) is 9.18 Å². The minimum Gasteiger partial charge on any atom is -0.369 e. The van der Waals surface area contributed by atoms with Crippen LogP contribution in [-0.2, 0) is 6.54 Å². The number of amides is 2. The molecule has 0 bridgehead atoms. The van der Waals surface area contributed by atoms with Gasteiger partial charge in [-0.1, -0.05) is 25.0 Å². The number of hydrogen-bond acceptors (Lipinski definition) is 3. The van der Waals surface area contributed by atoms with Crippen LogP contribution < -0.4 is 15.5 Å². The average Bonchev–Trinajstić information content (AvgIpc) is 3.01. The topological polar surface area (TPSA) is 78.3 Å². The molecule has 4 rings (SSSR count). The molecule has 0 saturated carbocycles. The largest absolute Gasteiger partial charge is 0.369 e. The zero-order chi connectivity index (χ0) is 19.5. The Balaban J connectivity index is 1.60. The van der Waals surface area contributed by atoms with Gasteiger partial charge in [-0.15, -0.1) is 0 Å². The second-order valence-corrected chi connectivity index (χ2v) is 7.22. The Bertz CT molecular complexity index is 978. The second-order valence-electron chi connectivity index (χ2n) is 7.22. The van der Waals surface area contributed by atoms with Crippen molar-refractivity contribution >= 4 is 28.3 Å². The molecule has 3 aromatic rings. The molecule has 0 aliphatic carbocycles. The van der Waals surface area contributed by atoms with Crippen LogP contribution in [0.25, 0.3) is 10.9 Å². The second kappa shape index (κ2) is 7.88. The molecule has 6 nitrogen and oxygen atoms in total. The molecule has 146 valence electrons. The van der Waals surface area contributed by atoms with Gasteiger partial charge in [0.2, 0.25) is 0 Å². The lowest BCUT2D eigenvalue weighted by Gasteiger charge is -2.25. The highest BCUT2D eigenvalue weighted by molar-refractivity contribution is 6.01. The van der Waals surface area contributed by atoms with Crippen molar-refractivity contribution in [3.05, 3.63) is 54.0 Å². The summed E-state index contributed by atoms with van der Waals surface area (Å²) in [5, 5.41) is 7.70. The van der Waals surface area contributed by atoms with Crippen molar-refractivity contribution in [2.24, 2.45) is 5.73 Å². The lowest BCUT2D eigenvalue weighted by Crippen LogP contribution is -2.35. The number of hydrogen-bond donors (Lipinski definition) is 2. The summed E-state index contributed by atoms with van der Waals surface area (Å²) >= 11 is 0. The average molecular weight is 381 g/mol. The highest BCUT2D eigenvalue weighted by Gasteiger charge is 2.19. The van der Waals surface area contributed by atoms with E-state index in [0.717, 1.165) is 36.8 Å². The molecule has 1 saturated heterocycles. The predicted octanol–water partition coefficient (Wildman–Crippen LogP) is 4.17. The lowest BCUT2D eigenvalue weighted by molar-refractivity contribution is 0.253. The number of nitrogens with zero attached hydrogens (tertiary/aromatic N) is 3. The van der Waals surface area contributed by atoms with Crippen LogP contribution in [0, 0.1) is 5.82 Å². The van der Waals surface area contributed by atoms with Crippen LogP contribution in [0.2, 0.25) is 0 Å². The van der Waals surface area contributed by atoms with E-state index < -0.39 is 6.03 Å². The van der Waals surface area contributed by atoms with Gasteiger partial charge in [0.25, 0.3) is 0 Å². The molecule has 2 heterocycles. The number of rotatable bonds is 4. The van der Waals surface area contributed by atoms with Gasteiger partial charge in [0.05, 0.1) is 29.6 Å². The first kappa shape index (κ1) is 18.3. The third-order valence-electron chi connectivity index (χ3n) is 5.32. The number of fused-ring (bicyclic) bond motifs is 1. The fraction of sp³-hybridized carbons (Fsp3) is 0.333. The number of halogens is 1. The smallest absolute Gasteiger partial charge is 0.319 e. The molecular weight excluding hydrogens is 357 g/mol. The fourth-order valence-electron chi connectivity index (χ4n) is 3.87. The number of carbonyl (C=O) groups excluding carboxylic acids is 1. The number of aromatic nitrogens is 2. The van der Waals surface area contributed by atoms with Crippen LogP contribution in [0.3, 0.4) is 0 Å². The summed E-state index contributed by atoms with van der Waals surface area (Å²) in [6.45, 7) is 1.95. The summed E-state index contributed by atoms with van der Waals surface area (Å²) in [5.74, 6) is -0.259. The third kappa shape index (κ3) is 3.65. The van der Waals surface area contributed by atoms with Gasteiger partial charge in [-0.05, 0) is 42.7 Å². The number of nitrogens with one attached hydrogen (secondary N) is 1. The molecule has 2 aromatic carbocycles. The Morgan fingerprint density at radius 2 is 1.96 bits per heavy atom. The van der Waals surface area contributed by atoms with Crippen LogP contribution in [0.15, 0.2) is 42.6 Å². The number of H-pyrrole nitrogens is 1. The first-order chi connectivity index (χ1) is 13.6. The number of primary amides is 1. The van der Waals surface area contributed by atoms with Gasteiger partial charge in [-0.3, -0.25) is 10.00 Å². The number of nitrogens with two attached hydrogens (primary N) is 1. The van der Waals surface area contributed by atoms with Gasteiger partial charge >= 0.3 is 6.03 Å². The van der Waals surface area contributed by atoms with Gasteiger partial charge in [-0.2, -0.15) is 5.10 Å². The van der Waals surface area contributed by atoms with Crippen molar-refractivity contribution in [1.29, 1.82) is 0 Å². The monoisotopic (exact) mass is 381 g/mol. The van der Waals surface area contributed by atoms with Gasteiger partial charge in [0, 0.05) is 18.5 Å². The molecule has 3 N–H and O–H groups in total. The highest BCUT2D eigenvalue weighted by atomic mass is 19.1. The normalized spacial score (nSPS) is 14.8. The van der Waals surface area contributed by atoms with Crippen LogP contribution in [0.4, 0.5) is 20.6 Å². The molecule has 2 amide bonds. The molecule has 7 heteroatoms. The molecule has 0 radical (unpaired) electrons. The molecule has 1 aliphatic heterocycles. The minimum atomic E-state index is -0.592. The molecular formula is C21H24FN5O. The maximum absolute atomic E-state index is 14.8. The Hall–Kier alpha value is -3.09. The van der Waals surface area contributed by atoms with E-state index in [0.29, 0.717) is 16.9 Å². The summed E-state index contributed by atoms with van der Waals surface area (Å²) in [4.78, 5) is 15.7. The van der Waals surface area contributed by atoms with Crippen molar-refractivity contribution < 1.29 is 9.18 Å². The Labute approximate surface area is 163 Å². The van der Waals surface area contributed by atoms with Crippen molar-refractivity contribution in [2.75, 3.05) is 22.9 Å². The fourth-order valence-corrected chi connectivity index (χ4v) is 3.87. The van der Waals surface area contributed by atoms with Crippen molar-refractivity contribution in [2.45, 2.75) is 32.2 Å². The lowest BCUT2D eigenvalue weighted by atomic mass is 10.1. The maximum atomic E-state index is 14.8. The first-order valence-corrected chi connectivity index (χ1v) is 9.66. The Morgan fingerprint density at radius 1 is 1.18 bits per heavy atom. The zero-order valence-electron chi connectivity index (χ0n) is 15.7. The van der Waals surface area contributed by atoms with Gasteiger partial charge < -0.3 is 10.6 Å². The Morgan fingerprint density at radius 3 is 2.68 bits per heavy atom. The molecule has 1 aliphatic rings. The van der Waals surface area contributed by atoms with Gasteiger partial charge in [0.1, 0.15) is 5.82 Å². The predicted molar refractivity (Wildman–Crippen MR) is 109 cm³/mol. The molecule has 0 atom stereocenters. The van der Waals surface area contributed by atoms with Gasteiger partial charge in [0.15, 0.2) is 0 Å². The number of benzene rings is 2. The first-order valence-electron chi connectivity index (χ1n) is 9.66. The van der Waals surface area contributed by atoms with Crippen LogP contribution in [0.5, 0.6) is 0 Å². The van der Waals surface area contributed by atoms with E-state index in [1.54, 1.807) is 6.20 Å². The van der Waals surface area contributed by atoms with E-state index in [-0.39, 0.29) is 12.4 Å². The standard InChI is InChI=1S/C21H24FN5O/c22-17-12-15(8-9-20(17)26-10-3-1-2-4-11-26)14-27(21(23)28)19-7-5-6-18-16(19)13-24-25-18/h5-9,12-13H,1-4,10-11,14H2,(H2,23,28)(H,24,25). The zero-order valence-corrected chi connectivity index (χ0v) is 15.7. The SMILES string of the molecule is NC(=O)N(Cc1ccc(N2CCCCCC2)c(F)c1)c1cccc2[nH]ncc12. The molecule has 0 unspecified atom stereocenters. The molecule has 28 heavy (non-hydrogen) atoms. The van der Waals surface area contributed by atoms with E-state index in [4.69, 9.17) is 5.73 Å². The van der Waals surface area contributed by atoms with E-state index in [9.17, 15) is 9.18 Å².